The molecule has 0 aliphatic rings. The van der Waals surface area contributed by atoms with Gasteiger partial charge in [0.2, 0.25) is 0 Å². The predicted octanol–water partition coefficient (Wildman–Crippen LogP) is 1.66. The van der Waals surface area contributed by atoms with E-state index in [1.807, 2.05) is 6.07 Å². The second kappa shape index (κ2) is 4.16. The number of rotatable bonds is 2. The zero-order chi connectivity index (χ0) is 10.8. The van der Waals surface area contributed by atoms with Crippen LogP contribution in [0.2, 0.25) is 0 Å². The Labute approximate surface area is 94.5 Å². The molecule has 0 atom stereocenters. The molecule has 0 unspecified atom stereocenters. The summed E-state index contributed by atoms with van der Waals surface area (Å²) in [5.41, 5.74) is -0.255. The molecule has 0 aliphatic heterocycles. The Morgan fingerprint density at radius 1 is 1.27 bits per heavy atom. The summed E-state index contributed by atoms with van der Waals surface area (Å²) in [5, 5.41) is 0.576. The van der Waals surface area contributed by atoms with Gasteiger partial charge >= 0.3 is 4.87 Å². The molecule has 15 heavy (non-hydrogen) atoms. The van der Waals surface area contributed by atoms with Crippen molar-refractivity contribution in [3.05, 3.63) is 44.3 Å². The molecule has 0 bridgehead atoms. The van der Waals surface area contributed by atoms with Crippen LogP contribution in [0.1, 0.15) is 0 Å². The van der Waals surface area contributed by atoms with Crippen LogP contribution < -0.4 is 10.4 Å². The topological polar surface area (TPSA) is 39.1 Å². The van der Waals surface area contributed by atoms with Gasteiger partial charge in [-0.2, -0.15) is 0 Å². The first-order chi connectivity index (χ1) is 7.24. The van der Waals surface area contributed by atoms with Gasteiger partial charge in [-0.15, -0.1) is 11.6 Å². The Morgan fingerprint density at radius 2 is 2.00 bits per heavy atom. The molecular weight excluding hydrogens is 234 g/mol. The minimum atomic E-state index is -0.255. The van der Waals surface area contributed by atoms with Crippen LogP contribution in [-0.4, -0.2) is 10.4 Å². The molecule has 0 amide bonds. The summed E-state index contributed by atoms with van der Waals surface area (Å²) in [6.45, 7) is 0.264. The van der Waals surface area contributed by atoms with Crippen molar-refractivity contribution >= 4 is 33.0 Å². The lowest BCUT2D eigenvalue weighted by molar-refractivity contribution is 0.725. The van der Waals surface area contributed by atoms with Gasteiger partial charge < -0.3 is 0 Å². The fourth-order valence-corrected chi connectivity index (χ4v) is 2.44. The quantitative estimate of drug-likeness (QED) is 0.751. The van der Waals surface area contributed by atoms with Crippen LogP contribution in [0, 0.1) is 0 Å². The van der Waals surface area contributed by atoms with Gasteiger partial charge in [0.1, 0.15) is 0 Å². The van der Waals surface area contributed by atoms with Crippen molar-refractivity contribution in [3.8, 4) is 0 Å². The van der Waals surface area contributed by atoms with E-state index in [-0.39, 0.29) is 22.9 Å². The molecule has 2 rings (SSSR count). The number of hydrogen-bond donors (Lipinski definition) is 0. The zero-order valence-electron chi connectivity index (χ0n) is 7.77. The van der Waals surface area contributed by atoms with Gasteiger partial charge in [-0.1, -0.05) is 23.5 Å². The van der Waals surface area contributed by atoms with Crippen molar-refractivity contribution < 1.29 is 0 Å². The standard InChI is InChI=1S/C10H8ClNO2S/c11-5-6-12-9(13)7-3-1-2-4-8(7)15-10(12)14/h1-4H,5-6H2. The number of fused-ring (bicyclic) bond motifs is 1. The largest absolute Gasteiger partial charge is 0.310 e. The minimum absolute atomic E-state index is 0.251. The maximum absolute atomic E-state index is 11.9. The molecule has 0 N–H and O–H groups in total. The van der Waals surface area contributed by atoms with Gasteiger partial charge in [-0.05, 0) is 12.1 Å². The van der Waals surface area contributed by atoms with Crippen LogP contribution in [0.25, 0.3) is 10.1 Å². The van der Waals surface area contributed by atoms with Crippen molar-refractivity contribution in [1.29, 1.82) is 0 Å². The van der Waals surface area contributed by atoms with E-state index in [0.717, 1.165) is 16.0 Å². The summed E-state index contributed by atoms with van der Waals surface area (Å²) >= 11 is 6.61. The summed E-state index contributed by atoms with van der Waals surface area (Å²) in [6, 6.07) is 7.09. The van der Waals surface area contributed by atoms with Crippen molar-refractivity contribution in [2.45, 2.75) is 6.54 Å². The monoisotopic (exact) mass is 241 g/mol. The van der Waals surface area contributed by atoms with Gasteiger partial charge in [-0.3, -0.25) is 14.2 Å². The molecule has 5 heteroatoms. The van der Waals surface area contributed by atoms with Crippen LogP contribution in [0.4, 0.5) is 0 Å². The Kier molecular flexibility index (Phi) is 2.88. The number of benzene rings is 1. The minimum Gasteiger partial charge on any atom is -0.269 e. The summed E-state index contributed by atoms with van der Waals surface area (Å²) in [4.78, 5) is 23.2. The fourth-order valence-electron chi connectivity index (χ4n) is 1.39. The molecule has 1 aromatic heterocycles. The molecule has 0 aliphatic carbocycles. The highest BCUT2D eigenvalue weighted by atomic mass is 35.5. The first-order valence-electron chi connectivity index (χ1n) is 4.42. The van der Waals surface area contributed by atoms with E-state index in [0.29, 0.717) is 5.39 Å². The van der Waals surface area contributed by atoms with E-state index in [2.05, 4.69) is 0 Å². The zero-order valence-corrected chi connectivity index (χ0v) is 9.35. The summed E-state index contributed by atoms with van der Waals surface area (Å²) in [5.74, 6) is 0.264. The molecular formula is C10H8ClNO2S. The Balaban J connectivity index is 2.85. The lowest BCUT2D eigenvalue weighted by Crippen LogP contribution is -2.31. The second-order valence-electron chi connectivity index (χ2n) is 3.01. The number of aromatic nitrogens is 1. The van der Waals surface area contributed by atoms with Crippen molar-refractivity contribution in [2.24, 2.45) is 0 Å². The van der Waals surface area contributed by atoms with Gasteiger partial charge in [0.15, 0.2) is 0 Å². The molecule has 0 spiro atoms. The van der Waals surface area contributed by atoms with Crippen LogP contribution in [0.5, 0.6) is 0 Å². The fraction of sp³-hybridized carbons (Fsp3) is 0.200. The van der Waals surface area contributed by atoms with Crippen molar-refractivity contribution in [2.75, 3.05) is 5.88 Å². The van der Waals surface area contributed by atoms with E-state index in [9.17, 15) is 9.59 Å². The maximum atomic E-state index is 11.9. The normalized spacial score (nSPS) is 10.7. The highest BCUT2D eigenvalue weighted by Gasteiger charge is 2.06. The highest BCUT2D eigenvalue weighted by Crippen LogP contribution is 2.10. The molecule has 78 valence electrons. The summed E-state index contributed by atoms with van der Waals surface area (Å²) in [7, 11) is 0. The van der Waals surface area contributed by atoms with E-state index < -0.39 is 0 Å². The SMILES string of the molecule is O=c1sc2ccccc2c(=O)n1CCCl. The second-order valence-corrected chi connectivity index (χ2v) is 4.38. The van der Waals surface area contributed by atoms with Crippen LogP contribution in [-0.2, 0) is 6.54 Å². The van der Waals surface area contributed by atoms with Gasteiger partial charge in [0.05, 0.1) is 5.39 Å². The van der Waals surface area contributed by atoms with E-state index in [1.165, 1.54) is 4.57 Å². The average molecular weight is 242 g/mol. The third-order valence-corrected chi connectivity index (χ3v) is 3.23. The summed E-state index contributed by atoms with van der Waals surface area (Å²) in [6.07, 6.45) is 0. The number of hydrogen-bond acceptors (Lipinski definition) is 3. The van der Waals surface area contributed by atoms with Gasteiger partial charge in [0, 0.05) is 17.1 Å². The number of nitrogens with zero attached hydrogens (tertiary/aromatic N) is 1. The smallest absolute Gasteiger partial charge is 0.269 e. The molecule has 2 aromatic rings. The number of alkyl halides is 1. The lowest BCUT2D eigenvalue weighted by Gasteiger charge is -2.02. The molecule has 1 heterocycles. The molecule has 0 saturated heterocycles. The molecule has 0 radical (unpaired) electrons. The maximum Gasteiger partial charge on any atom is 0.310 e. The van der Waals surface area contributed by atoms with Gasteiger partial charge in [-0.25, -0.2) is 0 Å². The Hall–Kier alpha value is -1.13. The van der Waals surface area contributed by atoms with E-state index >= 15 is 0 Å². The summed E-state index contributed by atoms with van der Waals surface area (Å²) < 4.78 is 1.90. The third kappa shape index (κ3) is 1.82. The van der Waals surface area contributed by atoms with Crippen LogP contribution in [0.15, 0.2) is 33.9 Å². The lowest BCUT2D eigenvalue weighted by atomic mass is 10.3. The van der Waals surface area contributed by atoms with E-state index in [4.69, 9.17) is 11.6 Å². The first kappa shape index (κ1) is 10.4. The first-order valence-corrected chi connectivity index (χ1v) is 5.78. The predicted molar refractivity (Wildman–Crippen MR) is 63.1 cm³/mol. The third-order valence-electron chi connectivity index (χ3n) is 2.09. The van der Waals surface area contributed by atoms with Crippen LogP contribution in [0.3, 0.4) is 0 Å². The van der Waals surface area contributed by atoms with Crippen molar-refractivity contribution in [3.63, 3.8) is 0 Å². The van der Waals surface area contributed by atoms with Crippen LogP contribution >= 0.6 is 22.9 Å². The molecule has 1 aromatic carbocycles. The van der Waals surface area contributed by atoms with Crippen molar-refractivity contribution in [1.82, 2.24) is 4.57 Å². The Morgan fingerprint density at radius 3 is 2.73 bits per heavy atom. The number of halogens is 1. The highest BCUT2D eigenvalue weighted by molar-refractivity contribution is 7.16. The Bertz CT molecular complexity index is 602. The molecule has 3 nitrogen and oxygen atoms in total. The molecule has 0 saturated carbocycles. The molecule has 0 fully saturated rings. The average Bonchev–Trinajstić information content (AvgIpc) is 2.24. The van der Waals surface area contributed by atoms with E-state index in [1.54, 1.807) is 18.2 Å². The van der Waals surface area contributed by atoms with Gasteiger partial charge in [0.25, 0.3) is 5.56 Å².